The van der Waals surface area contributed by atoms with E-state index >= 15 is 0 Å². The Labute approximate surface area is 96.1 Å². The van der Waals surface area contributed by atoms with Crippen molar-refractivity contribution in [3.63, 3.8) is 0 Å². The number of aromatic hydroxyl groups is 1. The summed E-state index contributed by atoms with van der Waals surface area (Å²) in [5.74, 6) is -2.03. The van der Waals surface area contributed by atoms with Gasteiger partial charge in [-0.3, -0.25) is 4.79 Å². The molecule has 0 spiro atoms. The maximum atomic E-state index is 13.0. The van der Waals surface area contributed by atoms with Gasteiger partial charge in [0.25, 0.3) is 0 Å². The van der Waals surface area contributed by atoms with E-state index in [2.05, 4.69) is 0 Å². The van der Waals surface area contributed by atoms with Gasteiger partial charge >= 0.3 is 0 Å². The lowest BCUT2D eigenvalue weighted by Gasteiger charge is -2.04. The van der Waals surface area contributed by atoms with Gasteiger partial charge in [0.15, 0.2) is 17.9 Å². The summed E-state index contributed by atoms with van der Waals surface area (Å²) in [6.07, 6.45) is 0.499. The molecule has 0 heterocycles. The minimum absolute atomic E-state index is 0.104. The minimum atomic E-state index is -0.955. The van der Waals surface area contributed by atoms with E-state index in [1.165, 1.54) is 24.3 Å². The van der Waals surface area contributed by atoms with E-state index in [1.807, 2.05) is 0 Å². The lowest BCUT2D eigenvalue weighted by Crippen LogP contribution is -1.87. The normalized spacial score (nSPS) is 10.2. The molecule has 0 unspecified atom stereocenters. The van der Waals surface area contributed by atoms with E-state index in [9.17, 15) is 18.7 Å². The lowest BCUT2D eigenvalue weighted by molar-refractivity contribution is 0.112. The molecule has 0 radical (unpaired) electrons. The molecule has 0 atom stereocenters. The number of phenols is 1. The second-order valence-electron chi connectivity index (χ2n) is 3.52. The summed E-state index contributed by atoms with van der Waals surface area (Å²) in [4.78, 5) is 10.6. The van der Waals surface area contributed by atoms with Gasteiger partial charge in [-0.15, -0.1) is 0 Å². The maximum absolute atomic E-state index is 13.0. The van der Waals surface area contributed by atoms with Gasteiger partial charge in [-0.25, -0.2) is 8.78 Å². The smallest absolute Gasteiger partial charge is 0.159 e. The third-order valence-corrected chi connectivity index (χ3v) is 2.41. The topological polar surface area (TPSA) is 37.3 Å². The van der Waals surface area contributed by atoms with Crippen LogP contribution in [0.2, 0.25) is 0 Å². The molecule has 2 nitrogen and oxygen atoms in total. The summed E-state index contributed by atoms with van der Waals surface area (Å²) in [6.45, 7) is 0. The number of hydrogen-bond donors (Lipinski definition) is 1. The van der Waals surface area contributed by atoms with Crippen molar-refractivity contribution in [2.24, 2.45) is 0 Å². The molecule has 0 amide bonds. The van der Waals surface area contributed by atoms with Gasteiger partial charge < -0.3 is 5.11 Å². The monoisotopic (exact) mass is 234 g/mol. The highest BCUT2D eigenvalue weighted by atomic mass is 19.2. The van der Waals surface area contributed by atoms with Gasteiger partial charge in [0, 0.05) is 0 Å². The Bertz CT molecular complexity index is 580. The van der Waals surface area contributed by atoms with E-state index < -0.39 is 11.6 Å². The van der Waals surface area contributed by atoms with Crippen molar-refractivity contribution in [2.75, 3.05) is 0 Å². The molecule has 0 aliphatic rings. The van der Waals surface area contributed by atoms with Crippen molar-refractivity contribution in [3.8, 4) is 16.9 Å². The van der Waals surface area contributed by atoms with Crippen molar-refractivity contribution in [3.05, 3.63) is 53.6 Å². The lowest BCUT2D eigenvalue weighted by atomic mass is 10.0. The average Bonchev–Trinajstić information content (AvgIpc) is 2.33. The number of carbonyl (C=O) groups excluding carboxylic acids is 1. The van der Waals surface area contributed by atoms with Gasteiger partial charge in [0.2, 0.25) is 0 Å². The summed E-state index contributed by atoms with van der Waals surface area (Å²) in [5, 5.41) is 9.32. The van der Waals surface area contributed by atoms with Crippen LogP contribution in [0.25, 0.3) is 11.1 Å². The number of aldehydes is 1. The van der Waals surface area contributed by atoms with E-state index in [4.69, 9.17) is 0 Å². The molecule has 0 bridgehead atoms. The van der Waals surface area contributed by atoms with Crippen molar-refractivity contribution >= 4 is 6.29 Å². The highest BCUT2D eigenvalue weighted by Gasteiger charge is 2.07. The largest absolute Gasteiger partial charge is 0.507 e. The first-order valence-electron chi connectivity index (χ1n) is 4.85. The second-order valence-corrected chi connectivity index (χ2v) is 3.52. The molecule has 0 aliphatic heterocycles. The van der Waals surface area contributed by atoms with Gasteiger partial charge in [-0.1, -0.05) is 12.1 Å². The Morgan fingerprint density at radius 2 is 1.59 bits per heavy atom. The van der Waals surface area contributed by atoms with Gasteiger partial charge in [-0.05, 0) is 35.4 Å². The number of carbonyl (C=O) groups is 1. The Balaban J connectivity index is 2.52. The Hall–Kier alpha value is -2.23. The van der Waals surface area contributed by atoms with Crippen LogP contribution in [-0.2, 0) is 0 Å². The Kier molecular flexibility index (Phi) is 2.87. The molecular weight excluding hydrogens is 226 g/mol. The maximum Gasteiger partial charge on any atom is 0.159 e. The van der Waals surface area contributed by atoms with Crippen LogP contribution in [0.4, 0.5) is 8.78 Å². The molecule has 0 saturated carbocycles. The number of benzene rings is 2. The zero-order valence-corrected chi connectivity index (χ0v) is 8.65. The van der Waals surface area contributed by atoms with Crippen LogP contribution >= 0.6 is 0 Å². The van der Waals surface area contributed by atoms with Crippen LogP contribution in [0, 0.1) is 11.6 Å². The van der Waals surface area contributed by atoms with Crippen molar-refractivity contribution < 1.29 is 18.7 Å². The second kappa shape index (κ2) is 4.33. The molecule has 0 aliphatic carbocycles. The number of phenolic OH excluding ortho intramolecular Hbond substituents is 1. The quantitative estimate of drug-likeness (QED) is 0.810. The predicted molar refractivity (Wildman–Crippen MR) is 58.8 cm³/mol. The van der Waals surface area contributed by atoms with Crippen LogP contribution in [0.15, 0.2) is 36.4 Å². The zero-order valence-electron chi connectivity index (χ0n) is 8.65. The van der Waals surface area contributed by atoms with Crippen LogP contribution in [0.5, 0.6) is 5.75 Å². The molecule has 0 fully saturated rings. The van der Waals surface area contributed by atoms with E-state index in [0.29, 0.717) is 17.4 Å². The molecule has 17 heavy (non-hydrogen) atoms. The Morgan fingerprint density at radius 3 is 2.24 bits per heavy atom. The molecule has 2 rings (SSSR count). The van der Waals surface area contributed by atoms with Crippen molar-refractivity contribution in [1.29, 1.82) is 0 Å². The Morgan fingerprint density at radius 1 is 0.941 bits per heavy atom. The highest BCUT2D eigenvalue weighted by Crippen LogP contribution is 2.26. The third-order valence-electron chi connectivity index (χ3n) is 2.41. The van der Waals surface area contributed by atoms with Crippen LogP contribution < -0.4 is 0 Å². The van der Waals surface area contributed by atoms with E-state index in [-0.39, 0.29) is 11.3 Å². The van der Waals surface area contributed by atoms with Crippen LogP contribution in [0.3, 0.4) is 0 Å². The molecule has 2 aromatic rings. The summed E-state index contributed by atoms with van der Waals surface area (Å²) < 4.78 is 25.8. The van der Waals surface area contributed by atoms with Gasteiger partial charge in [0.1, 0.15) is 5.75 Å². The first-order chi connectivity index (χ1) is 8.11. The zero-order chi connectivity index (χ0) is 12.4. The molecular formula is C13H8F2O2. The molecule has 2 aromatic carbocycles. The summed E-state index contributed by atoms with van der Waals surface area (Å²) in [5.41, 5.74) is 1.07. The minimum Gasteiger partial charge on any atom is -0.507 e. The number of rotatable bonds is 2. The molecule has 0 aromatic heterocycles. The number of halogens is 2. The molecule has 0 saturated heterocycles. The highest BCUT2D eigenvalue weighted by molar-refractivity contribution is 5.82. The first kappa shape index (κ1) is 11.3. The van der Waals surface area contributed by atoms with Gasteiger partial charge in [0.05, 0.1) is 5.56 Å². The predicted octanol–water partition coefficient (Wildman–Crippen LogP) is 3.15. The van der Waals surface area contributed by atoms with Crippen molar-refractivity contribution in [2.45, 2.75) is 0 Å². The van der Waals surface area contributed by atoms with E-state index in [1.54, 1.807) is 0 Å². The third kappa shape index (κ3) is 2.15. The first-order valence-corrected chi connectivity index (χ1v) is 4.85. The molecule has 1 N–H and O–H groups in total. The van der Waals surface area contributed by atoms with Gasteiger partial charge in [-0.2, -0.15) is 0 Å². The summed E-state index contributed by atoms with van der Waals surface area (Å²) >= 11 is 0. The van der Waals surface area contributed by atoms with E-state index in [0.717, 1.165) is 12.1 Å². The van der Waals surface area contributed by atoms with Crippen molar-refractivity contribution in [1.82, 2.24) is 0 Å². The molecule has 4 heteroatoms. The van der Waals surface area contributed by atoms with Crippen LogP contribution in [-0.4, -0.2) is 11.4 Å². The summed E-state index contributed by atoms with van der Waals surface area (Å²) in [7, 11) is 0. The average molecular weight is 234 g/mol. The fourth-order valence-corrected chi connectivity index (χ4v) is 1.50. The fourth-order valence-electron chi connectivity index (χ4n) is 1.50. The fraction of sp³-hybridized carbons (Fsp3) is 0. The molecule has 86 valence electrons. The number of hydrogen-bond acceptors (Lipinski definition) is 2. The SMILES string of the molecule is O=Cc1cc(-c2ccc(F)c(F)c2)ccc1O. The summed E-state index contributed by atoms with van der Waals surface area (Å²) in [6, 6.07) is 7.72. The van der Waals surface area contributed by atoms with Crippen LogP contribution in [0.1, 0.15) is 10.4 Å². The standard InChI is InChI=1S/C13H8F2O2/c14-11-3-1-9(6-12(11)15)8-2-4-13(17)10(5-8)7-16/h1-7,17H.